The van der Waals surface area contributed by atoms with Gasteiger partial charge in [-0.15, -0.1) is 47.3 Å². The maximum atomic E-state index is 12.7. The van der Waals surface area contributed by atoms with E-state index in [1.807, 2.05) is 24.3 Å². The first-order chi connectivity index (χ1) is 52.8. The average Bonchev–Trinajstić information content (AvgIpc) is 0.841. The standard InChI is InChI=1S/C43H54N2O8.C42H52N2O8.2CH4.BBr3/c1-4-6-8-10-11-12-13-14-15-16-17-18-19-20-21-23-25-27-40(47)52-42(49)36-30-28-35(33-39(36)51-3)45-44-34-29-31-38(46)37(32-34)43(50)53-41(48)26-24-22-9-7-5-2;1-3-5-7-9-10-11-12-13-14-15-16-17-18-19-20-22-24-26-39(47)51-41(49)35-29-27-34(32-38(35)46)44-43-33-28-30-37(45)36(31-33)42(50)52-40(48)25-23-21-8-6-4-2;;;2-1(3)4/h6,8,11-12,14-15,17-18,20-21,28-33,46H,4-5,7,9-10,13,16,19,22-27H2,1-3H3;5,7,10-11,13-14,16-17,19-20,27-32,45-46H,3-4,6,8-9,12,15,18,21-26H2,1-2H3;2*1H4;/b8-6-,12-11-,15-14-,18-17-,21-20-,45-44?;7-5-,11-10-,14-13-,17-16-,20-19-,44-43?;;;. The van der Waals surface area contributed by atoms with Crippen LogP contribution in [-0.2, 0) is 38.1 Å². The van der Waals surface area contributed by atoms with Gasteiger partial charge in [-0.1, -0.05) is 215 Å². The number of halogens is 3. The van der Waals surface area contributed by atoms with Gasteiger partial charge in [-0.05, 0) is 163 Å². The Morgan fingerprint density at radius 1 is 0.333 bits per heavy atom. The number of unbranched alkanes of at least 4 members (excludes halogenated alkanes) is 10. The average molecular weight is 1720 g/mol. The van der Waals surface area contributed by atoms with E-state index >= 15 is 0 Å². The van der Waals surface area contributed by atoms with Crippen molar-refractivity contribution in [1.29, 1.82) is 0 Å². The molecule has 0 radical (unpaired) electrons. The number of carbonyl (C=O) groups is 8. The molecular weight excluding hydrogens is 1610 g/mol. The van der Waals surface area contributed by atoms with Gasteiger partial charge in [0, 0.05) is 37.8 Å². The van der Waals surface area contributed by atoms with Crippen LogP contribution in [0.1, 0.15) is 264 Å². The SMILES string of the molecule is BrB(Br)Br.C.C.CC/C=C\C/C=C\C/C=C\C/C=C\C/C=C\CCCC(=O)OC(=O)c1ccc(N=Nc2ccc(O)c(C(=O)OC(=O)CCCCCCC)c2)cc1O.CC/C=C\C/C=C\C/C=C\C/C=C\C/C=C\CCCC(=O)OC(=O)c1ccc(N=Nc2ccc(O)c(C(=O)OC(=O)CCCCCCC)c2)cc1OC. The van der Waals surface area contributed by atoms with E-state index in [9.17, 15) is 53.7 Å². The lowest BCUT2D eigenvalue weighted by Gasteiger charge is -2.08. The molecule has 0 aliphatic rings. The van der Waals surface area contributed by atoms with Crippen molar-refractivity contribution in [1.82, 2.24) is 0 Å². The van der Waals surface area contributed by atoms with E-state index in [0.717, 1.165) is 116 Å². The van der Waals surface area contributed by atoms with Crippen molar-refractivity contribution in [2.45, 2.75) is 222 Å². The highest BCUT2D eigenvalue weighted by Gasteiger charge is 2.22. The molecule has 111 heavy (non-hydrogen) atoms. The largest absolute Gasteiger partial charge is 0.507 e. The van der Waals surface area contributed by atoms with Crippen molar-refractivity contribution in [2.75, 3.05) is 7.11 Å². The Balaban J connectivity index is 0.00000204. The third kappa shape index (κ3) is 51.0. The van der Waals surface area contributed by atoms with E-state index in [2.05, 4.69) is 193 Å². The fourth-order valence-electron chi connectivity index (χ4n) is 9.45. The molecule has 20 nitrogen and oxygen atoms in total. The molecule has 0 bridgehead atoms. The van der Waals surface area contributed by atoms with Gasteiger partial charge in [0.05, 0.1) is 29.9 Å². The first-order valence-electron chi connectivity index (χ1n) is 37.2. The molecule has 0 amide bonds. The Kier molecular flexibility index (Phi) is 61.0. The number of phenolic OH excluding ortho intramolecular Hbond substituents is 3. The number of methoxy groups -OCH3 is 1. The number of esters is 8. The third-order valence-electron chi connectivity index (χ3n) is 15.2. The minimum Gasteiger partial charge on any atom is -0.507 e. The van der Waals surface area contributed by atoms with E-state index in [4.69, 9.17) is 23.7 Å². The molecule has 4 rings (SSSR count). The molecule has 0 atom stereocenters. The van der Waals surface area contributed by atoms with Crippen molar-refractivity contribution in [3.05, 3.63) is 217 Å². The number of ether oxygens (including phenoxy) is 5. The lowest BCUT2D eigenvalue weighted by molar-refractivity contribution is -0.139. The zero-order valence-electron chi connectivity index (χ0n) is 63.4. The number of azo groups is 2. The number of allylic oxidation sites excluding steroid dienone is 20. The summed E-state index contributed by atoms with van der Waals surface area (Å²) in [5.74, 6) is -7.57. The maximum absolute atomic E-state index is 12.7. The first kappa shape index (κ1) is 102. The van der Waals surface area contributed by atoms with E-state index in [-0.39, 0.29) is 100 Å². The molecule has 0 aliphatic carbocycles. The van der Waals surface area contributed by atoms with Crippen LogP contribution in [0.2, 0.25) is 0 Å². The van der Waals surface area contributed by atoms with Gasteiger partial charge in [0.25, 0.3) is 0 Å². The van der Waals surface area contributed by atoms with E-state index in [1.54, 1.807) is 0 Å². The molecule has 3 N–H and O–H groups in total. The van der Waals surface area contributed by atoms with Gasteiger partial charge in [-0.2, -0.15) is 20.5 Å². The highest BCUT2D eigenvalue weighted by atomic mass is 79.9. The van der Waals surface area contributed by atoms with Gasteiger partial charge in [-0.3, -0.25) is 19.2 Å². The van der Waals surface area contributed by atoms with Crippen molar-refractivity contribution in [3.63, 3.8) is 0 Å². The number of hydrogen-bond donors (Lipinski definition) is 3. The normalized spacial score (nSPS) is 11.5. The number of rotatable bonds is 47. The molecule has 0 aromatic heterocycles. The van der Waals surface area contributed by atoms with Crippen LogP contribution in [0.15, 0.2) is 215 Å². The summed E-state index contributed by atoms with van der Waals surface area (Å²) in [6, 6.07) is 15.9. The summed E-state index contributed by atoms with van der Waals surface area (Å²) in [5, 5.41) is 46.9. The summed E-state index contributed by atoms with van der Waals surface area (Å²) in [7, 11) is 1.37. The highest BCUT2D eigenvalue weighted by molar-refractivity contribution is 9.69. The Morgan fingerprint density at radius 3 is 0.928 bits per heavy atom. The minimum atomic E-state index is -1.00. The molecule has 0 heterocycles. The van der Waals surface area contributed by atoms with E-state index in [1.165, 1.54) is 79.9 Å². The smallest absolute Gasteiger partial charge is 0.369 e. The zero-order valence-corrected chi connectivity index (χ0v) is 68.2. The van der Waals surface area contributed by atoms with Gasteiger partial charge < -0.3 is 39.0 Å². The lowest BCUT2D eigenvalue weighted by Crippen LogP contribution is -2.13. The molecule has 602 valence electrons. The predicted molar refractivity (Wildman–Crippen MR) is 457 cm³/mol. The Morgan fingerprint density at radius 2 is 0.604 bits per heavy atom. The maximum Gasteiger partial charge on any atom is 0.369 e. The van der Waals surface area contributed by atoms with Gasteiger partial charge >= 0.3 is 50.9 Å². The first-order valence-corrected chi connectivity index (χ1v) is 39.9. The minimum absolute atomic E-state index is 0. The second-order valence-electron chi connectivity index (χ2n) is 24.2. The number of aromatic hydroxyl groups is 3. The Hall–Kier alpha value is -9.26. The summed E-state index contributed by atoms with van der Waals surface area (Å²) in [6.07, 6.45) is 63.8. The van der Waals surface area contributed by atoms with Crippen molar-refractivity contribution in [2.24, 2.45) is 20.5 Å². The van der Waals surface area contributed by atoms with Crippen molar-refractivity contribution in [3.8, 4) is 23.0 Å². The zero-order chi connectivity index (χ0) is 79.9. The van der Waals surface area contributed by atoms with Crippen LogP contribution in [0.25, 0.3) is 0 Å². The molecule has 0 fully saturated rings. The number of nitrogens with zero attached hydrogens (tertiary/aromatic N) is 4. The fraction of sp³-hybridized carbons (Fsp3) is 0.402. The van der Waals surface area contributed by atoms with Crippen molar-refractivity contribution >= 4 is 121 Å². The summed E-state index contributed by atoms with van der Waals surface area (Å²) in [4.78, 5) is 98.8. The Bertz CT molecular complexity index is 3810. The molecule has 0 spiro atoms. The van der Waals surface area contributed by atoms with E-state index in [0.29, 0.717) is 44.2 Å². The van der Waals surface area contributed by atoms with Gasteiger partial charge in [-0.25, -0.2) is 19.2 Å². The Labute approximate surface area is 683 Å². The number of hydrogen-bond acceptors (Lipinski definition) is 20. The summed E-state index contributed by atoms with van der Waals surface area (Å²) >= 11 is 9.31. The van der Waals surface area contributed by atoms with E-state index < -0.39 is 53.5 Å². The lowest BCUT2D eigenvalue weighted by atomic mass is 10.1. The van der Waals surface area contributed by atoms with Crippen LogP contribution in [0.4, 0.5) is 22.7 Å². The molecule has 0 aliphatic heterocycles. The summed E-state index contributed by atoms with van der Waals surface area (Å²) in [5.41, 5.74) is 0.190. The second-order valence-corrected chi connectivity index (χ2v) is 30.6. The quantitative estimate of drug-likeness (QED) is 0.00704. The van der Waals surface area contributed by atoms with Crippen LogP contribution in [0.5, 0.6) is 23.0 Å². The van der Waals surface area contributed by atoms with Gasteiger partial charge in [0.1, 0.15) is 45.3 Å². The van der Waals surface area contributed by atoms with Crippen molar-refractivity contribution < 1.29 is 77.4 Å². The van der Waals surface area contributed by atoms with Crippen LogP contribution < -0.4 is 4.74 Å². The monoisotopic (exact) mass is 1720 g/mol. The van der Waals surface area contributed by atoms with Crippen LogP contribution in [0, 0.1) is 0 Å². The molecule has 0 saturated heterocycles. The number of phenols is 3. The predicted octanol–water partition coefficient (Wildman–Crippen LogP) is 26.1. The second kappa shape index (κ2) is 66.5. The third-order valence-corrected chi connectivity index (χ3v) is 15.2. The summed E-state index contributed by atoms with van der Waals surface area (Å²) in [6.45, 7) is 8.44. The number of benzene rings is 4. The summed E-state index contributed by atoms with van der Waals surface area (Å²) < 4.78 is 25.3. The molecule has 24 heteroatoms. The van der Waals surface area contributed by atoms with Crippen LogP contribution in [0.3, 0.4) is 0 Å². The number of carbonyl (C=O) groups excluding carboxylic acids is 8. The van der Waals surface area contributed by atoms with Crippen LogP contribution >= 0.6 is 47.3 Å². The topological polar surface area (TPSA) is 293 Å². The molecule has 4 aromatic rings. The fourth-order valence-corrected chi connectivity index (χ4v) is 9.45. The highest BCUT2D eigenvalue weighted by Crippen LogP contribution is 2.32. The molecule has 0 saturated carbocycles. The molecule has 4 aromatic carbocycles. The van der Waals surface area contributed by atoms with Crippen LogP contribution in [-0.4, -0.2) is 73.4 Å². The molecule has 0 unspecified atom stereocenters. The van der Waals surface area contributed by atoms with Gasteiger partial charge in [0.2, 0.25) is 0 Å². The van der Waals surface area contributed by atoms with Gasteiger partial charge in [0.15, 0.2) is 0 Å². The molecular formula is C87H114BBr3N4O16.